The first-order chi connectivity index (χ1) is 9.17. The Morgan fingerprint density at radius 3 is 2.58 bits per heavy atom. The van der Waals surface area contributed by atoms with Crippen LogP contribution in [0.5, 0.6) is 0 Å². The molecule has 106 valence electrons. The van der Waals surface area contributed by atoms with E-state index >= 15 is 0 Å². The van der Waals surface area contributed by atoms with Crippen molar-refractivity contribution in [3.63, 3.8) is 0 Å². The van der Waals surface area contributed by atoms with E-state index in [1.807, 2.05) is 0 Å². The van der Waals surface area contributed by atoms with E-state index in [0.717, 1.165) is 12.5 Å². The number of rotatable bonds is 7. The van der Waals surface area contributed by atoms with Crippen LogP contribution in [0.25, 0.3) is 0 Å². The van der Waals surface area contributed by atoms with Crippen molar-refractivity contribution in [1.29, 1.82) is 0 Å². The summed E-state index contributed by atoms with van der Waals surface area (Å²) < 4.78 is 0. The molecule has 0 saturated heterocycles. The summed E-state index contributed by atoms with van der Waals surface area (Å²) in [5.74, 6) is 0.817. The van der Waals surface area contributed by atoms with Gasteiger partial charge in [0.15, 0.2) is 0 Å². The average Bonchev–Trinajstić information content (AvgIpc) is 3.23. The lowest BCUT2D eigenvalue weighted by Crippen LogP contribution is -2.39. The van der Waals surface area contributed by atoms with Crippen molar-refractivity contribution >= 4 is 0 Å². The van der Waals surface area contributed by atoms with Crippen LogP contribution >= 0.6 is 0 Å². The molecule has 1 aliphatic rings. The zero-order chi connectivity index (χ0) is 13.8. The zero-order valence-electron chi connectivity index (χ0n) is 12.6. The smallest absolute Gasteiger partial charge is 0.0473 e. The summed E-state index contributed by atoms with van der Waals surface area (Å²) in [7, 11) is 0. The molecule has 0 radical (unpaired) electrons. The molecule has 0 bridgehead atoms. The van der Waals surface area contributed by atoms with Crippen molar-refractivity contribution in [3.05, 3.63) is 35.4 Å². The number of benzene rings is 1. The first-order valence-electron chi connectivity index (χ1n) is 7.73. The van der Waals surface area contributed by atoms with Gasteiger partial charge < -0.3 is 5.73 Å². The Labute approximate surface area is 118 Å². The molecule has 1 aliphatic carbocycles. The monoisotopic (exact) mass is 260 g/mol. The molecule has 2 rings (SSSR count). The molecule has 0 amide bonds. The zero-order valence-corrected chi connectivity index (χ0v) is 12.6. The van der Waals surface area contributed by atoms with Crippen LogP contribution in [0, 0.1) is 0 Å². The first kappa shape index (κ1) is 14.5. The Morgan fingerprint density at radius 2 is 2.05 bits per heavy atom. The normalized spacial score (nSPS) is 17.2. The van der Waals surface area contributed by atoms with Crippen LogP contribution in [0.4, 0.5) is 0 Å². The van der Waals surface area contributed by atoms with E-state index in [-0.39, 0.29) is 0 Å². The van der Waals surface area contributed by atoms with Crippen molar-refractivity contribution in [2.45, 2.75) is 58.0 Å². The van der Waals surface area contributed by atoms with E-state index < -0.39 is 0 Å². The highest BCUT2D eigenvalue weighted by molar-refractivity contribution is 5.31. The van der Waals surface area contributed by atoms with Crippen molar-refractivity contribution in [1.82, 2.24) is 4.90 Å². The molecule has 2 heteroatoms. The highest BCUT2D eigenvalue weighted by Gasteiger charge is 2.26. The molecular weight excluding hydrogens is 232 g/mol. The van der Waals surface area contributed by atoms with Crippen LogP contribution < -0.4 is 5.73 Å². The molecule has 2 nitrogen and oxygen atoms in total. The topological polar surface area (TPSA) is 29.3 Å². The Bertz CT molecular complexity index is 396. The van der Waals surface area contributed by atoms with Crippen molar-refractivity contribution < 1.29 is 0 Å². The number of hydrogen-bond donors (Lipinski definition) is 1. The van der Waals surface area contributed by atoms with Gasteiger partial charge in [0, 0.05) is 18.6 Å². The van der Waals surface area contributed by atoms with Crippen molar-refractivity contribution in [2.75, 3.05) is 13.1 Å². The number of nitrogens with two attached hydrogens (primary N) is 1. The van der Waals surface area contributed by atoms with E-state index in [2.05, 4.69) is 49.9 Å². The molecule has 0 spiro atoms. The van der Waals surface area contributed by atoms with Gasteiger partial charge in [-0.15, -0.1) is 0 Å². The molecule has 2 N–H and O–H groups in total. The predicted octanol–water partition coefficient (Wildman–Crippen LogP) is 3.68. The Kier molecular flexibility index (Phi) is 5.00. The maximum absolute atomic E-state index is 6.07. The van der Waals surface area contributed by atoms with Gasteiger partial charge in [0.05, 0.1) is 0 Å². The minimum absolute atomic E-state index is 0.360. The van der Waals surface area contributed by atoms with E-state index in [1.54, 1.807) is 0 Å². The average molecular weight is 260 g/mol. The molecule has 0 heterocycles. The molecule has 1 atom stereocenters. The fourth-order valence-electron chi connectivity index (χ4n) is 2.93. The van der Waals surface area contributed by atoms with Gasteiger partial charge in [-0.05, 0) is 56.7 Å². The molecule has 0 aromatic heterocycles. The van der Waals surface area contributed by atoms with Crippen LogP contribution in [0.1, 0.15) is 63.1 Å². The largest absolute Gasteiger partial charge is 0.329 e. The Morgan fingerprint density at radius 1 is 1.32 bits per heavy atom. The third kappa shape index (κ3) is 3.58. The molecule has 1 fully saturated rings. The number of nitrogens with zero attached hydrogens (tertiary/aromatic N) is 1. The van der Waals surface area contributed by atoms with Crippen LogP contribution in [-0.2, 0) is 0 Å². The summed E-state index contributed by atoms with van der Waals surface area (Å²) in [4.78, 5) is 2.53. The molecular formula is C17H28N2. The van der Waals surface area contributed by atoms with Crippen LogP contribution in [0.15, 0.2) is 24.3 Å². The Hall–Kier alpha value is -0.860. The molecule has 1 aromatic carbocycles. The standard InChI is InChI=1S/C17H28N2/c1-4-10-19(13(2)3)17(12-18)16-7-5-6-15(11-16)14-8-9-14/h5-7,11,13-14,17H,4,8-10,12,18H2,1-3H3. The summed E-state index contributed by atoms with van der Waals surface area (Å²) >= 11 is 0. The lowest BCUT2D eigenvalue weighted by molar-refractivity contribution is 0.157. The minimum atomic E-state index is 0.360. The van der Waals surface area contributed by atoms with Gasteiger partial charge >= 0.3 is 0 Å². The van der Waals surface area contributed by atoms with Crippen LogP contribution in [0.3, 0.4) is 0 Å². The summed E-state index contributed by atoms with van der Waals surface area (Å²) in [6.07, 6.45) is 3.90. The van der Waals surface area contributed by atoms with E-state index in [9.17, 15) is 0 Å². The van der Waals surface area contributed by atoms with Gasteiger partial charge in [-0.1, -0.05) is 31.2 Å². The third-order valence-electron chi connectivity index (χ3n) is 4.11. The molecule has 0 aliphatic heterocycles. The SMILES string of the molecule is CCCN(C(C)C)C(CN)c1cccc(C2CC2)c1. The minimum Gasteiger partial charge on any atom is -0.329 e. The lowest BCUT2D eigenvalue weighted by atomic mass is 9.99. The fourth-order valence-corrected chi connectivity index (χ4v) is 2.93. The van der Waals surface area contributed by atoms with Crippen molar-refractivity contribution in [2.24, 2.45) is 5.73 Å². The summed E-state index contributed by atoms with van der Waals surface area (Å²) in [5, 5.41) is 0. The van der Waals surface area contributed by atoms with Gasteiger partial charge in [0.25, 0.3) is 0 Å². The third-order valence-corrected chi connectivity index (χ3v) is 4.11. The lowest BCUT2D eigenvalue weighted by Gasteiger charge is -2.34. The van der Waals surface area contributed by atoms with Gasteiger partial charge in [-0.2, -0.15) is 0 Å². The quantitative estimate of drug-likeness (QED) is 0.810. The highest BCUT2D eigenvalue weighted by atomic mass is 15.2. The second-order valence-electron chi connectivity index (χ2n) is 6.03. The fraction of sp³-hybridized carbons (Fsp3) is 0.647. The van der Waals surface area contributed by atoms with Gasteiger partial charge in [0.1, 0.15) is 0 Å². The maximum Gasteiger partial charge on any atom is 0.0473 e. The summed E-state index contributed by atoms with van der Waals surface area (Å²) in [6, 6.07) is 10.0. The first-order valence-corrected chi connectivity index (χ1v) is 7.73. The predicted molar refractivity (Wildman–Crippen MR) is 82.3 cm³/mol. The van der Waals surface area contributed by atoms with Crippen LogP contribution in [0.2, 0.25) is 0 Å². The van der Waals surface area contributed by atoms with Gasteiger partial charge in [0.2, 0.25) is 0 Å². The molecule has 1 unspecified atom stereocenters. The van der Waals surface area contributed by atoms with Crippen LogP contribution in [-0.4, -0.2) is 24.0 Å². The second kappa shape index (κ2) is 6.53. The van der Waals surface area contributed by atoms with Crippen molar-refractivity contribution in [3.8, 4) is 0 Å². The molecule has 1 saturated carbocycles. The molecule has 1 aromatic rings. The van der Waals surface area contributed by atoms with Gasteiger partial charge in [-0.25, -0.2) is 0 Å². The second-order valence-corrected chi connectivity index (χ2v) is 6.03. The summed E-state index contributed by atoms with van der Waals surface area (Å²) in [6.45, 7) is 8.59. The van der Waals surface area contributed by atoms with E-state index in [1.165, 1.54) is 30.4 Å². The van der Waals surface area contributed by atoms with E-state index in [0.29, 0.717) is 18.6 Å². The molecule has 19 heavy (non-hydrogen) atoms. The van der Waals surface area contributed by atoms with Gasteiger partial charge in [-0.3, -0.25) is 4.90 Å². The maximum atomic E-state index is 6.07. The van der Waals surface area contributed by atoms with E-state index in [4.69, 9.17) is 5.73 Å². The Balaban J connectivity index is 2.21. The number of hydrogen-bond acceptors (Lipinski definition) is 2. The highest BCUT2D eigenvalue weighted by Crippen LogP contribution is 2.40. The summed E-state index contributed by atoms with van der Waals surface area (Å²) in [5.41, 5.74) is 8.98.